The lowest BCUT2D eigenvalue weighted by atomic mass is 10.1. The van der Waals surface area contributed by atoms with Crippen molar-refractivity contribution in [2.45, 2.75) is 27.2 Å². The lowest BCUT2D eigenvalue weighted by molar-refractivity contribution is 0.978. The average molecular weight is 334 g/mol. The lowest BCUT2D eigenvalue weighted by Crippen LogP contribution is -2.01. The summed E-state index contributed by atoms with van der Waals surface area (Å²) in [7, 11) is 0. The number of nitrogens with one attached hydrogen (secondary N) is 2. The predicted octanol–water partition coefficient (Wildman–Crippen LogP) is 5.03. The standard InChI is InChI=1S/C16H20BrN3/c1-4-5-19-14-8-15(10-18-9-14)20-13-6-11(2)16(17)12(3)7-13/h6-10,19-20H,4-5H2,1-3H3. The summed E-state index contributed by atoms with van der Waals surface area (Å²) in [5, 5.41) is 6.75. The Morgan fingerprint density at radius 1 is 1.00 bits per heavy atom. The van der Waals surface area contributed by atoms with Crippen molar-refractivity contribution in [3.05, 3.63) is 46.2 Å². The zero-order valence-corrected chi connectivity index (χ0v) is 13.7. The van der Waals surface area contributed by atoms with Crippen LogP contribution in [-0.2, 0) is 0 Å². The molecule has 2 rings (SSSR count). The monoisotopic (exact) mass is 333 g/mol. The van der Waals surface area contributed by atoms with E-state index in [2.05, 4.69) is 70.5 Å². The van der Waals surface area contributed by atoms with Crippen LogP contribution in [0.2, 0.25) is 0 Å². The van der Waals surface area contributed by atoms with Gasteiger partial charge in [-0.15, -0.1) is 0 Å². The molecule has 20 heavy (non-hydrogen) atoms. The van der Waals surface area contributed by atoms with Crippen molar-refractivity contribution in [2.75, 3.05) is 17.2 Å². The number of hydrogen-bond acceptors (Lipinski definition) is 3. The molecule has 0 fully saturated rings. The largest absolute Gasteiger partial charge is 0.384 e. The zero-order chi connectivity index (χ0) is 14.5. The van der Waals surface area contributed by atoms with E-state index >= 15 is 0 Å². The maximum Gasteiger partial charge on any atom is 0.0591 e. The van der Waals surface area contributed by atoms with Gasteiger partial charge in [0, 0.05) is 16.7 Å². The number of pyridine rings is 1. The van der Waals surface area contributed by atoms with Crippen molar-refractivity contribution < 1.29 is 0 Å². The van der Waals surface area contributed by atoms with Crippen LogP contribution in [0.15, 0.2) is 35.1 Å². The third-order valence-corrected chi connectivity index (χ3v) is 4.29. The Morgan fingerprint density at radius 2 is 1.65 bits per heavy atom. The van der Waals surface area contributed by atoms with Crippen LogP contribution < -0.4 is 10.6 Å². The average Bonchev–Trinajstić information content (AvgIpc) is 2.43. The van der Waals surface area contributed by atoms with Gasteiger partial charge in [-0.05, 0) is 49.6 Å². The molecule has 0 radical (unpaired) electrons. The second-order valence-electron chi connectivity index (χ2n) is 4.94. The molecule has 106 valence electrons. The van der Waals surface area contributed by atoms with Crippen molar-refractivity contribution in [3.63, 3.8) is 0 Å². The smallest absolute Gasteiger partial charge is 0.0591 e. The Hall–Kier alpha value is -1.55. The van der Waals surface area contributed by atoms with Crippen LogP contribution in [0.3, 0.4) is 0 Å². The summed E-state index contributed by atoms with van der Waals surface area (Å²) in [6, 6.07) is 6.34. The van der Waals surface area contributed by atoms with Gasteiger partial charge < -0.3 is 10.6 Å². The Bertz CT molecular complexity index is 573. The molecule has 0 atom stereocenters. The molecule has 2 N–H and O–H groups in total. The lowest BCUT2D eigenvalue weighted by Gasteiger charge is -2.12. The van der Waals surface area contributed by atoms with E-state index in [0.29, 0.717) is 0 Å². The topological polar surface area (TPSA) is 37.0 Å². The SMILES string of the molecule is CCCNc1cncc(Nc2cc(C)c(Br)c(C)c2)c1. The van der Waals surface area contributed by atoms with Crippen molar-refractivity contribution in [2.24, 2.45) is 0 Å². The van der Waals surface area contributed by atoms with E-state index in [1.807, 2.05) is 12.4 Å². The third kappa shape index (κ3) is 3.73. The van der Waals surface area contributed by atoms with Gasteiger partial charge in [-0.25, -0.2) is 0 Å². The van der Waals surface area contributed by atoms with Gasteiger partial charge in [0.25, 0.3) is 0 Å². The number of aryl methyl sites for hydroxylation is 2. The second kappa shape index (κ2) is 6.75. The quantitative estimate of drug-likeness (QED) is 0.805. The number of anilines is 3. The molecular formula is C16H20BrN3. The molecule has 0 bridgehead atoms. The molecule has 1 aromatic heterocycles. The maximum absolute atomic E-state index is 4.26. The highest BCUT2D eigenvalue weighted by Gasteiger charge is 2.03. The fourth-order valence-electron chi connectivity index (χ4n) is 2.06. The van der Waals surface area contributed by atoms with Gasteiger partial charge >= 0.3 is 0 Å². The van der Waals surface area contributed by atoms with Crippen LogP contribution in [-0.4, -0.2) is 11.5 Å². The molecule has 0 saturated carbocycles. The highest BCUT2D eigenvalue weighted by molar-refractivity contribution is 9.10. The van der Waals surface area contributed by atoms with E-state index in [1.165, 1.54) is 15.6 Å². The molecule has 4 heteroatoms. The van der Waals surface area contributed by atoms with Crippen LogP contribution in [0.5, 0.6) is 0 Å². The molecule has 0 unspecified atom stereocenters. The Labute approximate surface area is 129 Å². The van der Waals surface area contributed by atoms with Crippen LogP contribution in [0.4, 0.5) is 17.1 Å². The first-order valence-corrected chi connectivity index (χ1v) is 7.62. The van der Waals surface area contributed by atoms with E-state index in [4.69, 9.17) is 0 Å². The van der Waals surface area contributed by atoms with E-state index in [1.54, 1.807) is 0 Å². The number of hydrogen-bond donors (Lipinski definition) is 2. The first-order valence-electron chi connectivity index (χ1n) is 6.83. The molecule has 2 aromatic rings. The summed E-state index contributed by atoms with van der Waals surface area (Å²) < 4.78 is 1.17. The number of halogens is 1. The fourth-order valence-corrected chi connectivity index (χ4v) is 2.29. The summed E-state index contributed by atoms with van der Waals surface area (Å²) in [5.74, 6) is 0. The molecular weight excluding hydrogens is 314 g/mol. The van der Waals surface area contributed by atoms with Crippen molar-refractivity contribution in [1.29, 1.82) is 0 Å². The van der Waals surface area contributed by atoms with Gasteiger partial charge in [-0.2, -0.15) is 0 Å². The Balaban J connectivity index is 2.17. The highest BCUT2D eigenvalue weighted by atomic mass is 79.9. The van der Waals surface area contributed by atoms with Gasteiger partial charge in [-0.1, -0.05) is 22.9 Å². The summed E-state index contributed by atoms with van der Waals surface area (Å²) >= 11 is 3.59. The summed E-state index contributed by atoms with van der Waals surface area (Å²) in [4.78, 5) is 4.26. The minimum atomic E-state index is 0.960. The van der Waals surface area contributed by atoms with Crippen LogP contribution in [0.1, 0.15) is 24.5 Å². The second-order valence-corrected chi connectivity index (χ2v) is 5.73. The predicted molar refractivity (Wildman–Crippen MR) is 89.9 cm³/mol. The first-order chi connectivity index (χ1) is 9.60. The van der Waals surface area contributed by atoms with E-state index < -0.39 is 0 Å². The molecule has 0 spiro atoms. The molecule has 0 aliphatic heterocycles. The molecule has 0 saturated heterocycles. The van der Waals surface area contributed by atoms with Gasteiger partial charge in [0.1, 0.15) is 0 Å². The number of rotatable bonds is 5. The van der Waals surface area contributed by atoms with E-state index in [9.17, 15) is 0 Å². The first kappa shape index (κ1) is 14.9. The van der Waals surface area contributed by atoms with Crippen LogP contribution >= 0.6 is 15.9 Å². The minimum absolute atomic E-state index is 0.960. The van der Waals surface area contributed by atoms with Gasteiger partial charge in [0.05, 0.1) is 23.8 Å². The van der Waals surface area contributed by atoms with Crippen molar-refractivity contribution in [3.8, 4) is 0 Å². The Morgan fingerprint density at radius 3 is 2.30 bits per heavy atom. The van der Waals surface area contributed by atoms with Gasteiger partial charge in [0.2, 0.25) is 0 Å². The molecule has 0 amide bonds. The maximum atomic E-state index is 4.26. The van der Waals surface area contributed by atoms with Gasteiger partial charge in [-0.3, -0.25) is 4.98 Å². The number of aromatic nitrogens is 1. The third-order valence-electron chi connectivity index (χ3n) is 3.04. The van der Waals surface area contributed by atoms with Crippen LogP contribution in [0, 0.1) is 13.8 Å². The summed E-state index contributed by atoms with van der Waals surface area (Å²) in [6.45, 7) is 7.30. The Kier molecular flexibility index (Phi) is 5.01. The molecule has 1 aromatic carbocycles. The van der Waals surface area contributed by atoms with Crippen LogP contribution in [0.25, 0.3) is 0 Å². The van der Waals surface area contributed by atoms with Crippen molar-refractivity contribution >= 4 is 33.0 Å². The zero-order valence-electron chi connectivity index (χ0n) is 12.1. The minimum Gasteiger partial charge on any atom is -0.384 e. The molecule has 0 aliphatic carbocycles. The summed E-state index contributed by atoms with van der Waals surface area (Å²) in [6.07, 6.45) is 4.78. The molecule has 0 aliphatic rings. The number of benzene rings is 1. The summed E-state index contributed by atoms with van der Waals surface area (Å²) in [5.41, 5.74) is 5.56. The number of nitrogens with zero attached hydrogens (tertiary/aromatic N) is 1. The van der Waals surface area contributed by atoms with Crippen molar-refractivity contribution in [1.82, 2.24) is 4.98 Å². The highest BCUT2D eigenvalue weighted by Crippen LogP contribution is 2.27. The fraction of sp³-hybridized carbons (Fsp3) is 0.312. The normalized spacial score (nSPS) is 10.4. The molecule has 3 nitrogen and oxygen atoms in total. The van der Waals surface area contributed by atoms with E-state index in [0.717, 1.165) is 30.0 Å². The van der Waals surface area contributed by atoms with Gasteiger partial charge in [0.15, 0.2) is 0 Å². The molecule has 1 heterocycles. The van der Waals surface area contributed by atoms with E-state index in [-0.39, 0.29) is 0 Å².